The van der Waals surface area contributed by atoms with Gasteiger partial charge in [0.15, 0.2) is 5.88 Å². The minimum atomic E-state index is 0.451. The molecular weight excluding hydrogens is 90.1 g/mol. The SMILES string of the molecule is C=C1NC(C)CO1. The summed E-state index contributed by atoms with van der Waals surface area (Å²) in [5.41, 5.74) is 0. The van der Waals surface area contributed by atoms with Gasteiger partial charge in [-0.05, 0) is 13.5 Å². The van der Waals surface area contributed by atoms with Crippen molar-refractivity contribution in [2.45, 2.75) is 13.0 Å². The molecule has 1 heterocycles. The van der Waals surface area contributed by atoms with Gasteiger partial charge in [-0.1, -0.05) is 0 Å². The van der Waals surface area contributed by atoms with E-state index in [2.05, 4.69) is 18.8 Å². The molecule has 0 aromatic carbocycles. The number of ether oxygens (including phenoxy) is 1. The average molecular weight is 99.1 g/mol. The normalized spacial score (nSPS) is 29.3. The van der Waals surface area contributed by atoms with Crippen molar-refractivity contribution in [3.05, 3.63) is 12.5 Å². The van der Waals surface area contributed by atoms with Crippen LogP contribution in [0.5, 0.6) is 0 Å². The second-order valence-electron chi connectivity index (χ2n) is 1.78. The lowest BCUT2D eigenvalue weighted by molar-refractivity contribution is 0.258. The summed E-state index contributed by atoms with van der Waals surface area (Å²) in [5.74, 6) is 0.701. The third kappa shape index (κ3) is 0.856. The summed E-state index contributed by atoms with van der Waals surface area (Å²) in [6.45, 7) is 6.39. The van der Waals surface area contributed by atoms with E-state index in [0.717, 1.165) is 6.61 Å². The Kier molecular flexibility index (Phi) is 0.929. The summed E-state index contributed by atoms with van der Waals surface area (Å²) in [6.07, 6.45) is 0. The monoisotopic (exact) mass is 99.1 g/mol. The van der Waals surface area contributed by atoms with E-state index in [1.807, 2.05) is 0 Å². The van der Waals surface area contributed by atoms with Crippen molar-refractivity contribution in [2.24, 2.45) is 0 Å². The highest BCUT2D eigenvalue weighted by atomic mass is 16.5. The molecule has 7 heavy (non-hydrogen) atoms. The Hall–Kier alpha value is -0.660. The van der Waals surface area contributed by atoms with Gasteiger partial charge in [0.05, 0.1) is 6.04 Å². The maximum atomic E-state index is 4.96. The van der Waals surface area contributed by atoms with Crippen molar-refractivity contribution in [3.8, 4) is 0 Å². The van der Waals surface area contributed by atoms with E-state index in [1.54, 1.807) is 0 Å². The van der Waals surface area contributed by atoms with Gasteiger partial charge in [0.1, 0.15) is 6.61 Å². The molecule has 40 valence electrons. The molecule has 1 aliphatic heterocycles. The van der Waals surface area contributed by atoms with E-state index in [4.69, 9.17) is 4.74 Å². The molecule has 2 nitrogen and oxygen atoms in total. The van der Waals surface area contributed by atoms with Gasteiger partial charge in [-0.2, -0.15) is 0 Å². The molecule has 0 aromatic heterocycles. The predicted molar refractivity (Wildman–Crippen MR) is 27.7 cm³/mol. The first-order valence-electron chi connectivity index (χ1n) is 2.37. The zero-order valence-corrected chi connectivity index (χ0v) is 4.40. The fourth-order valence-corrected chi connectivity index (χ4v) is 0.584. The van der Waals surface area contributed by atoms with Crippen LogP contribution in [0.3, 0.4) is 0 Å². The molecule has 1 saturated heterocycles. The van der Waals surface area contributed by atoms with E-state index in [-0.39, 0.29) is 0 Å². The lowest BCUT2D eigenvalue weighted by Gasteiger charge is -1.93. The van der Waals surface area contributed by atoms with E-state index < -0.39 is 0 Å². The molecule has 1 fully saturated rings. The molecular formula is C5H9NO. The van der Waals surface area contributed by atoms with E-state index in [1.165, 1.54) is 0 Å². The molecule has 1 rings (SSSR count). The van der Waals surface area contributed by atoms with Gasteiger partial charge in [0.25, 0.3) is 0 Å². The molecule has 0 amide bonds. The summed E-state index contributed by atoms with van der Waals surface area (Å²) < 4.78 is 4.96. The third-order valence-corrected chi connectivity index (χ3v) is 0.915. The van der Waals surface area contributed by atoms with Gasteiger partial charge in [-0.3, -0.25) is 0 Å². The van der Waals surface area contributed by atoms with Crippen LogP contribution in [0.15, 0.2) is 12.5 Å². The lowest BCUT2D eigenvalue weighted by atomic mass is 10.4. The number of rotatable bonds is 0. The summed E-state index contributed by atoms with van der Waals surface area (Å²) in [5, 5.41) is 3.00. The van der Waals surface area contributed by atoms with Crippen molar-refractivity contribution in [1.82, 2.24) is 5.32 Å². The maximum Gasteiger partial charge on any atom is 0.179 e. The Bertz CT molecular complexity index is 90.1. The highest BCUT2D eigenvalue weighted by Crippen LogP contribution is 2.00. The van der Waals surface area contributed by atoms with Crippen molar-refractivity contribution in [3.63, 3.8) is 0 Å². The van der Waals surface area contributed by atoms with Crippen molar-refractivity contribution in [1.29, 1.82) is 0 Å². The van der Waals surface area contributed by atoms with Crippen molar-refractivity contribution in [2.75, 3.05) is 6.61 Å². The predicted octanol–water partition coefficient (Wildman–Crippen LogP) is 0.466. The smallest absolute Gasteiger partial charge is 0.179 e. The van der Waals surface area contributed by atoms with Crippen LogP contribution in [0, 0.1) is 0 Å². The first kappa shape index (κ1) is 4.50. The highest BCUT2D eigenvalue weighted by molar-refractivity contribution is 4.88. The second kappa shape index (κ2) is 1.45. The Morgan fingerprint density at radius 3 is 2.86 bits per heavy atom. The lowest BCUT2D eigenvalue weighted by Crippen LogP contribution is -2.17. The van der Waals surface area contributed by atoms with Gasteiger partial charge in [0.2, 0.25) is 0 Å². The molecule has 1 aliphatic rings. The number of nitrogens with one attached hydrogen (secondary N) is 1. The first-order valence-corrected chi connectivity index (χ1v) is 2.37. The first-order chi connectivity index (χ1) is 3.29. The van der Waals surface area contributed by atoms with Crippen LogP contribution in [0.25, 0.3) is 0 Å². The third-order valence-electron chi connectivity index (χ3n) is 0.915. The largest absolute Gasteiger partial charge is 0.478 e. The van der Waals surface area contributed by atoms with Crippen LogP contribution in [0.2, 0.25) is 0 Å². The maximum absolute atomic E-state index is 4.96. The molecule has 0 aromatic rings. The molecule has 1 unspecified atom stereocenters. The van der Waals surface area contributed by atoms with E-state index in [9.17, 15) is 0 Å². The minimum absolute atomic E-state index is 0.451. The van der Waals surface area contributed by atoms with Gasteiger partial charge >= 0.3 is 0 Å². The summed E-state index contributed by atoms with van der Waals surface area (Å²) in [7, 11) is 0. The Morgan fingerprint density at radius 1 is 2.00 bits per heavy atom. The molecule has 0 aliphatic carbocycles. The molecule has 1 N–H and O–H groups in total. The molecule has 2 heteroatoms. The van der Waals surface area contributed by atoms with Crippen LogP contribution < -0.4 is 5.32 Å². The van der Waals surface area contributed by atoms with Crippen molar-refractivity contribution < 1.29 is 4.74 Å². The standard InChI is InChI=1S/C5H9NO/c1-4-3-7-5(2)6-4/h4,6H,2-3H2,1H3. The highest BCUT2D eigenvalue weighted by Gasteiger charge is 2.10. The Balaban J connectivity index is 2.40. The van der Waals surface area contributed by atoms with Crippen molar-refractivity contribution >= 4 is 0 Å². The topological polar surface area (TPSA) is 21.3 Å². The van der Waals surface area contributed by atoms with E-state index >= 15 is 0 Å². The van der Waals surface area contributed by atoms with Crippen LogP contribution in [-0.2, 0) is 4.74 Å². The van der Waals surface area contributed by atoms with Crippen LogP contribution in [-0.4, -0.2) is 12.6 Å². The van der Waals surface area contributed by atoms with Gasteiger partial charge in [0, 0.05) is 0 Å². The Morgan fingerprint density at radius 2 is 2.71 bits per heavy atom. The van der Waals surface area contributed by atoms with Gasteiger partial charge in [-0.15, -0.1) is 0 Å². The fourth-order valence-electron chi connectivity index (χ4n) is 0.584. The summed E-state index contributed by atoms with van der Waals surface area (Å²) >= 11 is 0. The van der Waals surface area contributed by atoms with Crippen LogP contribution in [0.4, 0.5) is 0 Å². The second-order valence-corrected chi connectivity index (χ2v) is 1.78. The van der Waals surface area contributed by atoms with Crippen LogP contribution in [0.1, 0.15) is 6.92 Å². The molecule has 1 atom stereocenters. The fraction of sp³-hybridized carbons (Fsp3) is 0.600. The number of hydrogen-bond acceptors (Lipinski definition) is 2. The van der Waals surface area contributed by atoms with Gasteiger partial charge in [-0.25, -0.2) is 0 Å². The molecule has 0 bridgehead atoms. The zero-order valence-electron chi connectivity index (χ0n) is 4.40. The average Bonchev–Trinajstić information content (AvgIpc) is 1.87. The van der Waals surface area contributed by atoms with Crippen LogP contribution >= 0.6 is 0 Å². The molecule has 0 saturated carbocycles. The zero-order chi connectivity index (χ0) is 5.28. The molecule has 0 spiro atoms. The Labute approximate surface area is 43.2 Å². The quantitative estimate of drug-likeness (QED) is 0.476. The molecule has 0 radical (unpaired) electrons. The minimum Gasteiger partial charge on any atom is -0.478 e. The number of hydrogen-bond donors (Lipinski definition) is 1. The summed E-state index contributed by atoms with van der Waals surface area (Å²) in [4.78, 5) is 0. The van der Waals surface area contributed by atoms with E-state index in [0.29, 0.717) is 11.9 Å². The van der Waals surface area contributed by atoms with Gasteiger partial charge < -0.3 is 10.1 Å². The summed E-state index contributed by atoms with van der Waals surface area (Å²) in [6, 6.07) is 0.451.